The predicted octanol–water partition coefficient (Wildman–Crippen LogP) is 4.06. The Labute approximate surface area is 171 Å². The molecule has 0 amide bonds. The lowest BCUT2D eigenvalue weighted by atomic mass is 10.1. The Morgan fingerprint density at radius 1 is 1.00 bits per heavy atom. The van der Waals surface area contributed by atoms with Crippen LogP contribution >= 0.6 is 12.6 Å². The molecule has 1 fully saturated rings. The molecule has 0 aromatic heterocycles. The van der Waals surface area contributed by atoms with Crippen LogP contribution in [0.3, 0.4) is 0 Å². The van der Waals surface area contributed by atoms with Gasteiger partial charge in [0.15, 0.2) is 5.12 Å². The summed E-state index contributed by atoms with van der Waals surface area (Å²) in [5.41, 5.74) is 2.75. The Morgan fingerprint density at radius 3 is 2.26 bits per heavy atom. The highest BCUT2D eigenvalue weighted by Gasteiger charge is 2.15. The summed E-state index contributed by atoms with van der Waals surface area (Å²) in [6.07, 6.45) is 6.43. The highest BCUT2D eigenvalue weighted by molar-refractivity contribution is 7.96. The van der Waals surface area contributed by atoms with E-state index in [-0.39, 0.29) is 5.12 Å². The van der Waals surface area contributed by atoms with Gasteiger partial charge >= 0.3 is 0 Å². The second kappa shape index (κ2) is 12.4. The molecule has 1 aromatic carbocycles. The number of anilines is 1. The van der Waals surface area contributed by atoms with E-state index in [1.54, 1.807) is 0 Å². The number of unbranched alkanes of at least 4 members (excludes halogenated alkanes) is 4. The minimum Gasteiger partial charge on any atom is -0.369 e. The van der Waals surface area contributed by atoms with Gasteiger partial charge in [-0.1, -0.05) is 38.3 Å². The third-order valence-corrected chi connectivity index (χ3v) is 5.73. The van der Waals surface area contributed by atoms with Crippen molar-refractivity contribution < 1.29 is 4.79 Å². The molecule has 5 heteroatoms. The highest BCUT2D eigenvalue weighted by atomic mass is 32.1. The Morgan fingerprint density at radius 2 is 1.63 bits per heavy atom. The van der Waals surface area contributed by atoms with Crippen molar-refractivity contribution in [1.29, 1.82) is 0 Å². The first-order valence-electron chi connectivity index (χ1n) is 10.5. The number of hydrogen-bond acceptors (Lipinski definition) is 4. The molecule has 152 valence electrons. The summed E-state index contributed by atoms with van der Waals surface area (Å²) in [5.74, 6) is 0. The van der Waals surface area contributed by atoms with Crippen molar-refractivity contribution in [1.82, 2.24) is 9.80 Å². The molecule has 0 unspecified atom stereocenters. The Hall–Kier alpha value is -1.04. The zero-order chi connectivity index (χ0) is 19.5. The molecule has 1 saturated heterocycles. The molecule has 4 nitrogen and oxygen atoms in total. The van der Waals surface area contributed by atoms with Gasteiger partial charge in [0.05, 0.1) is 0 Å². The maximum Gasteiger partial charge on any atom is 0.185 e. The van der Waals surface area contributed by atoms with E-state index in [4.69, 9.17) is 0 Å². The molecule has 0 radical (unpaired) electrons. The van der Waals surface area contributed by atoms with E-state index in [0.29, 0.717) is 6.42 Å². The largest absolute Gasteiger partial charge is 0.369 e. The minimum absolute atomic E-state index is 0.0176. The second-order valence-corrected chi connectivity index (χ2v) is 8.24. The van der Waals surface area contributed by atoms with Crippen LogP contribution in [0.25, 0.3) is 0 Å². The molecule has 1 aliphatic heterocycles. The standard InChI is InChI=1S/C22H37N3OS/c1-3-24-15-17-25(18-16-24)21-12-10-20(11-13-21)19-23(2)14-8-6-4-5-7-9-22(26)27/h10-13H,3-9,14-19H2,1-2H3,(H,26,27). The number of rotatable bonds is 12. The average molecular weight is 392 g/mol. The summed E-state index contributed by atoms with van der Waals surface area (Å²) in [6, 6.07) is 9.14. The van der Waals surface area contributed by atoms with Crippen LogP contribution in [0.1, 0.15) is 51.0 Å². The van der Waals surface area contributed by atoms with Crippen molar-refractivity contribution in [3.8, 4) is 0 Å². The van der Waals surface area contributed by atoms with Crippen LogP contribution in [-0.4, -0.2) is 61.2 Å². The number of hydrogen-bond donors (Lipinski definition) is 1. The first-order valence-corrected chi connectivity index (χ1v) is 11.0. The Kier molecular flexibility index (Phi) is 10.2. The molecule has 1 aliphatic rings. The molecule has 0 aliphatic carbocycles. The van der Waals surface area contributed by atoms with Crippen LogP contribution in [0.2, 0.25) is 0 Å². The zero-order valence-corrected chi connectivity index (χ0v) is 18.1. The van der Waals surface area contributed by atoms with Crippen molar-refractivity contribution in [3.05, 3.63) is 29.8 Å². The lowest BCUT2D eigenvalue weighted by Gasteiger charge is -2.35. The number of benzene rings is 1. The lowest BCUT2D eigenvalue weighted by molar-refractivity contribution is -0.110. The van der Waals surface area contributed by atoms with Crippen LogP contribution < -0.4 is 4.90 Å². The second-order valence-electron chi connectivity index (χ2n) is 7.74. The van der Waals surface area contributed by atoms with E-state index in [1.807, 2.05) is 0 Å². The minimum atomic E-state index is 0.0176. The number of carbonyl (C=O) groups excluding carboxylic acids is 1. The van der Waals surface area contributed by atoms with Gasteiger partial charge in [-0.2, -0.15) is 0 Å². The Bertz CT molecular complexity index is 541. The molecule has 0 saturated carbocycles. The molecule has 1 aromatic rings. The van der Waals surface area contributed by atoms with E-state index in [0.717, 1.165) is 45.6 Å². The zero-order valence-electron chi connectivity index (χ0n) is 17.2. The number of piperazine rings is 1. The summed E-state index contributed by atoms with van der Waals surface area (Å²) in [5, 5.41) is 0.0176. The van der Waals surface area contributed by atoms with Gasteiger partial charge in [0.25, 0.3) is 0 Å². The van der Waals surface area contributed by atoms with E-state index in [1.165, 1.54) is 43.6 Å². The summed E-state index contributed by atoms with van der Waals surface area (Å²) >= 11 is 3.81. The van der Waals surface area contributed by atoms with E-state index < -0.39 is 0 Å². The van der Waals surface area contributed by atoms with Crippen molar-refractivity contribution >= 4 is 23.4 Å². The monoisotopic (exact) mass is 391 g/mol. The SMILES string of the molecule is CCN1CCN(c2ccc(CN(C)CCCCCCCC(=O)S)cc2)CC1. The molecule has 1 heterocycles. The first kappa shape index (κ1) is 22.3. The fourth-order valence-electron chi connectivity index (χ4n) is 3.71. The van der Waals surface area contributed by atoms with E-state index in [9.17, 15) is 4.79 Å². The highest BCUT2D eigenvalue weighted by Crippen LogP contribution is 2.18. The fraction of sp³-hybridized carbons (Fsp3) is 0.682. The molecule has 0 bridgehead atoms. The summed E-state index contributed by atoms with van der Waals surface area (Å²) < 4.78 is 0. The third-order valence-electron chi connectivity index (χ3n) is 5.50. The van der Waals surface area contributed by atoms with Crippen LogP contribution in [0.4, 0.5) is 5.69 Å². The summed E-state index contributed by atoms with van der Waals surface area (Å²) in [6.45, 7) is 10.2. The maximum absolute atomic E-state index is 10.8. The summed E-state index contributed by atoms with van der Waals surface area (Å²) in [7, 11) is 2.21. The van der Waals surface area contributed by atoms with Gasteiger partial charge in [0.2, 0.25) is 0 Å². The van der Waals surface area contributed by atoms with E-state index >= 15 is 0 Å². The summed E-state index contributed by atoms with van der Waals surface area (Å²) in [4.78, 5) is 18.2. The topological polar surface area (TPSA) is 26.8 Å². The number of nitrogens with zero attached hydrogens (tertiary/aromatic N) is 3. The predicted molar refractivity (Wildman–Crippen MR) is 119 cm³/mol. The molecule has 0 spiro atoms. The molecule has 0 N–H and O–H groups in total. The fourth-order valence-corrected chi connectivity index (χ4v) is 3.87. The molecule has 27 heavy (non-hydrogen) atoms. The van der Waals surface area contributed by atoms with Crippen LogP contribution in [0.5, 0.6) is 0 Å². The normalized spacial score (nSPS) is 15.5. The average Bonchev–Trinajstić information content (AvgIpc) is 2.67. The first-order chi connectivity index (χ1) is 13.1. The van der Waals surface area contributed by atoms with E-state index in [2.05, 4.69) is 65.6 Å². The van der Waals surface area contributed by atoms with Crippen LogP contribution in [0.15, 0.2) is 24.3 Å². The van der Waals surface area contributed by atoms with Crippen LogP contribution in [-0.2, 0) is 11.3 Å². The van der Waals surface area contributed by atoms with Gasteiger partial charge in [-0.05, 0) is 50.7 Å². The number of carbonyl (C=O) groups is 1. The third kappa shape index (κ3) is 8.67. The lowest BCUT2D eigenvalue weighted by Crippen LogP contribution is -2.46. The molecule has 2 rings (SSSR count). The quantitative estimate of drug-likeness (QED) is 0.429. The van der Waals surface area contributed by atoms with Gasteiger partial charge in [-0.15, -0.1) is 12.6 Å². The number of likely N-dealkylation sites (N-methyl/N-ethyl adjacent to an activating group) is 1. The smallest absolute Gasteiger partial charge is 0.185 e. The van der Waals surface area contributed by atoms with Crippen molar-refractivity contribution in [3.63, 3.8) is 0 Å². The molecular weight excluding hydrogens is 354 g/mol. The molecule has 0 atom stereocenters. The number of thiol groups is 1. The van der Waals surface area contributed by atoms with Gasteiger partial charge in [0.1, 0.15) is 0 Å². The van der Waals surface area contributed by atoms with Crippen molar-refractivity contribution in [2.24, 2.45) is 0 Å². The van der Waals surface area contributed by atoms with Gasteiger partial charge < -0.3 is 14.7 Å². The van der Waals surface area contributed by atoms with Crippen molar-refractivity contribution in [2.75, 3.05) is 51.2 Å². The van der Waals surface area contributed by atoms with Crippen LogP contribution in [0, 0.1) is 0 Å². The van der Waals surface area contributed by atoms with Gasteiger partial charge in [-0.25, -0.2) is 0 Å². The van der Waals surface area contributed by atoms with Gasteiger partial charge in [-0.3, -0.25) is 4.79 Å². The molecular formula is C22H37N3OS. The Balaban J connectivity index is 1.62. The van der Waals surface area contributed by atoms with Gasteiger partial charge in [0, 0.05) is 44.8 Å². The maximum atomic E-state index is 10.8. The van der Waals surface area contributed by atoms with Crippen molar-refractivity contribution in [2.45, 2.75) is 52.0 Å².